The summed E-state index contributed by atoms with van der Waals surface area (Å²) in [4.78, 5) is 0. The monoisotopic (exact) mass is 362 g/mol. The molecule has 3 aromatic carbocycles. The number of hydrogen-bond acceptors (Lipinski definition) is 4. The summed E-state index contributed by atoms with van der Waals surface area (Å²) < 4.78 is 0. The van der Waals surface area contributed by atoms with Gasteiger partial charge in [0.1, 0.15) is 11.5 Å². The molecule has 4 nitrogen and oxygen atoms in total. The number of hydrogen-bond donors (Lipinski definition) is 4. The Kier molecular flexibility index (Phi) is 6.85. The second-order valence-corrected chi connectivity index (χ2v) is 6.63. The number of nitrogens with one attached hydrogen (secondary N) is 2. The van der Waals surface area contributed by atoms with Gasteiger partial charge in [-0.05, 0) is 17.7 Å². The number of rotatable bonds is 9. The summed E-state index contributed by atoms with van der Waals surface area (Å²) in [5.41, 5.74) is 3.05. The van der Waals surface area contributed by atoms with Crippen LogP contribution < -0.4 is 10.6 Å². The predicted octanol–water partition coefficient (Wildman–Crippen LogP) is 3.76. The van der Waals surface area contributed by atoms with Crippen LogP contribution in [-0.2, 0) is 13.1 Å². The third kappa shape index (κ3) is 5.58. The van der Waals surface area contributed by atoms with E-state index in [1.807, 2.05) is 54.6 Å². The lowest BCUT2D eigenvalue weighted by Gasteiger charge is -2.19. The zero-order valence-electron chi connectivity index (χ0n) is 15.3. The van der Waals surface area contributed by atoms with Crippen molar-refractivity contribution in [2.75, 3.05) is 13.1 Å². The average Bonchev–Trinajstić information content (AvgIpc) is 2.70. The van der Waals surface area contributed by atoms with Gasteiger partial charge in [-0.15, -0.1) is 0 Å². The van der Waals surface area contributed by atoms with E-state index in [0.29, 0.717) is 24.6 Å². The van der Waals surface area contributed by atoms with E-state index in [1.165, 1.54) is 5.56 Å². The molecule has 0 radical (unpaired) electrons. The number of phenols is 2. The van der Waals surface area contributed by atoms with E-state index >= 15 is 0 Å². The van der Waals surface area contributed by atoms with Crippen LogP contribution >= 0.6 is 0 Å². The molecular formula is C23H26N2O2. The molecule has 0 heterocycles. The molecule has 0 aliphatic heterocycles. The van der Waals surface area contributed by atoms with Gasteiger partial charge in [0.05, 0.1) is 0 Å². The molecule has 0 saturated carbocycles. The van der Waals surface area contributed by atoms with Crippen molar-refractivity contribution < 1.29 is 10.2 Å². The van der Waals surface area contributed by atoms with Crippen LogP contribution in [0.1, 0.15) is 22.6 Å². The third-order valence-electron chi connectivity index (χ3n) is 4.67. The number of benzene rings is 3. The van der Waals surface area contributed by atoms with Gasteiger partial charge >= 0.3 is 0 Å². The molecule has 0 saturated heterocycles. The van der Waals surface area contributed by atoms with Crippen LogP contribution in [0.2, 0.25) is 0 Å². The summed E-state index contributed by atoms with van der Waals surface area (Å²) in [6.07, 6.45) is 0. The van der Waals surface area contributed by atoms with E-state index in [4.69, 9.17) is 0 Å². The van der Waals surface area contributed by atoms with Gasteiger partial charge in [-0.2, -0.15) is 0 Å². The molecule has 4 N–H and O–H groups in total. The largest absolute Gasteiger partial charge is 0.508 e. The van der Waals surface area contributed by atoms with Crippen molar-refractivity contribution in [1.29, 1.82) is 0 Å². The summed E-state index contributed by atoms with van der Waals surface area (Å²) >= 11 is 0. The van der Waals surface area contributed by atoms with Crippen LogP contribution in [0.3, 0.4) is 0 Å². The van der Waals surface area contributed by atoms with Crippen molar-refractivity contribution >= 4 is 0 Å². The van der Waals surface area contributed by atoms with E-state index in [9.17, 15) is 10.2 Å². The Labute approximate surface area is 160 Å². The number of aromatic hydroxyl groups is 2. The molecule has 0 aromatic heterocycles. The molecule has 0 atom stereocenters. The summed E-state index contributed by atoms with van der Waals surface area (Å²) in [5.74, 6) is 0.917. The summed E-state index contributed by atoms with van der Waals surface area (Å²) in [6.45, 7) is 2.81. The quantitative estimate of drug-likeness (QED) is 0.468. The maximum Gasteiger partial charge on any atom is 0.120 e. The first-order valence-corrected chi connectivity index (χ1v) is 9.24. The first kappa shape index (κ1) is 19.0. The van der Waals surface area contributed by atoms with E-state index in [-0.39, 0.29) is 5.92 Å². The molecule has 3 rings (SSSR count). The Balaban J connectivity index is 1.58. The molecule has 140 valence electrons. The van der Waals surface area contributed by atoms with Gasteiger partial charge in [0.2, 0.25) is 0 Å². The minimum atomic E-state index is 0.280. The van der Waals surface area contributed by atoms with Gasteiger partial charge < -0.3 is 20.8 Å². The molecule has 0 spiro atoms. The molecule has 4 heteroatoms. The fraction of sp³-hybridized carbons (Fsp3) is 0.217. The lowest BCUT2D eigenvalue weighted by molar-refractivity contribution is 0.458. The maximum absolute atomic E-state index is 9.91. The van der Waals surface area contributed by atoms with Crippen molar-refractivity contribution in [3.05, 3.63) is 95.6 Å². The average molecular weight is 362 g/mol. The molecule has 0 fully saturated rings. The van der Waals surface area contributed by atoms with Crippen molar-refractivity contribution in [2.45, 2.75) is 19.0 Å². The van der Waals surface area contributed by atoms with E-state index in [0.717, 1.165) is 24.2 Å². The molecule has 27 heavy (non-hydrogen) atoms. The lowest BCUT2D eigenvalue weighted by atomic mass is 9.98. The zero-order valence-corrected chi connectivity index (χ0v) is 15.3. The topological polar surface area (TPSA) is 64.5 Å². The molecule has 0 unspecified atom stereocenters. The second-order valence-electron chi connectivity index (χ2n) is 6.63. The van der Waals surface area contributed by atoms with Crippen LogP contribution in [0.4, 0.5) is 0 Å². The van der Waals surface area contributed by atoms with E-state index in [1.54, 1.807) is 12.1 Å². The van der Waals surface area contributed by atoms with E-state index < -0.39 is 0 Å². The Bertz CT molecular complexity index is 785. The fourth-order valence-electron chi connectivity index (χ4n) is 3.12. The second kappa shape index (κ2) is 9.76. The van der Waals surface area contributed by atoms with Crippen LogP contribution in [0, 0.1) is 0 Å². The fourth-order valence-corrected chi connectivity index (χ4v) is 3.12. The van der Waals surface area contributed by atoms with Crippen LogP contribution in [-0.4, -0.2) is 23.3 Å². The SMILES string of the molecule is Oc1ccccc1CNCC(CNCc1ccccc1O)c1ccccc1. The Hall–Kier alpha value is -2.82. The summed E-state index contributed by atoms with van der Waals surface area (Å²) in [6, 6.07) is 25.2. The Morgan fingerprint density at radius 3 is 1.52 bits per heavy atom. The standard InChI is InChI=1S/C23H26N2O2/c26-22-12-6-4-10-19(22)14-24-16-21(18-8-2-1-3-9-18)17-25-15-20-11-5-7-13-23(20)27/h1-13,21,24-27H,14-17H2. The highest BCUT2D eigenvalue weighted by Crippen LogP contribution is 2.18. The maximum atomic E-state index is 9.91. The molecule has 3 aromatic rings. The van der Waals surface area contributed by atoms with Gasteiger partial charge in [-0.25, -0.2) is 0 Å². The van der Waals surface area contributed by atoms with Crippen molar-refractivity contribution in [3.8, 4) is 11.5 Å². The van der Waals surface area contributed by atoms with Gasteiger partial charge in [0.25, 0.3) is 0 Å². The normalized spacial score (nSPS) is 11.0. The zero-order chi connectivity index (χ0) is 18.9. The summed E-state index contributed by atoms with van der Waals surface area (Å²) in [7, 11) is 0. The van der Waals surface area contributed by atoms with Gasteiger partial charge in [-0.3, -0.25) is 0 Å². The van der Waals surface area contributed by atoms with Gasteiger partial charge in [-0.1, -0.05) is 66.7 Å². The van der Waals surface area contributed by atoms with Crippen molar-refractivity contribution in [2.24, 2.45) is 0 Å². The molecule has 0 bridgehead atoms. The van der Waals surface area contributed by atoms with Crippen LogP contribution in [0.25, 0.3) is 0 Å². The minimum absolute atomic E-state index is 0.280. The number of para-hydroxylation sites is 2. The smallest absolute Gasteiger partial charge is 0.120 e. The van der Waals surface area contributed by atoms with Gasteiger partial charge in [0.15, 0.2) is 0 Å². The minimum Gasteiger partial charge on any atom is -0.508 e. The van der Waals surface area contributed by atoms with E-state index in [2.05, 4.69) is 22.8 Å². The van der Waals surface area contributed by atoms with Crippen molar-refractivity contribution in [3.63, 3.8) is 0 Å². The highest BCUT2D eigenvalue weighted by molar-refractivity contribution is 5.32. The highest BCUT2D eigenvalue weighted by Gasteiger charge is 2.12. The Morgan fingerprint density at radius 2 is 1.04 bits per heavy atom. The number of phenolic OH excluding ortho intramolecular Hbond substituents is 2. The van der Waals surface area contributed by atoms with Crippen LogP contribution in [0.5, 0.6) is 11.5 Å². The predicted molar refractivity (Wildman–Crippen MR) is 109 cm³/mol. The van der Waals surface area contributed by atoms with Crippen LogP contribution in [0.15, 0.2) is 78.9 Å². The molecule has 0 aliphatic rings. The summed E-state index contributed by atoms with van der Waals surface area (Å²) in [5, 5.41) is 26.7. The first-order valence-electron chi connectivity index (χ1n) is 9.24. The molecule has 0 aliphatic carbocycles. The van der Waals surface area contributed by atoms with Crippen molar-refractivity contribution in [1.82, 2.24) is 10.6 Å². The molecule has 0 amide bonds. The first-order chi connectivity index (χ1) is 13.2. The third-order valence-corrected chi connectivity index (χ3v) is 4.67. The Morgan fingerprint density at radius 1 is 0.593 bits per heavy atom. The lowest BCUT2D eigenvalue weighted by Crippen LogP contribution is -2.29. The van der Waals surface area contributed by atoms with Gasteiger partial charge in [0, 0.05) is 43.2 Å². The molecular weight excluding hydrogens is 336 g/mol. The highest BCUT2D eigenvalue weighted by atomic mass is 16.3.